The fourth-order valence-electron chi connectivity index (χ4n) is 4.75. The lowest BCUT2D eigenvalue weighted by molar-refractivity contribution is -0.135. The minimum Gasteiger partial charge on any atom is -0.497 e. The van der Waals surface area contributed by atoms with Gasteiger partial charge in [0, 0.05) is 17.5 Å². The van der Waals surface area contributed by atoms with Crippen LogP contribution in [0.4, 0.5) is 0 Å². The fraction of sp³-hybridized carbons (Fsp3) is 0.226. The summed E-state index contributed by atoms with van der Waals surface area (Å²) >= 11 is 0. The van der Waals surface area contributed by atoms with Gasteiger partial charge in [-0.3, -0.25) is 9.59 Å². The Labute approximate surface area is 225 Å². The minimum absolute atomic E-state index is 0.0491. The van der Waals surface area contributed by atoms with E-state index in [0.717, 1.165) is 11.1 Å². The van der Waals surface area contributed by atoms with Gasteiger partial charge in [-0.15, -0.1) is 0 Å². The molecule has 0 unspecified atom stereocenters. The largest absolute Gasteiger partial charge is 0.497 e. The molecule has 0 spiro atoms. The maximum Gasteiger partial charge on any atom is 0.312 e. The van der Waals surface area contributed by atoms with E-state index in [1.54, 1.807) is 50.6 Å². The number of hydrogen-bond acceptors (Lipinski definition) is 8. The second-order valence-electron chi connectivity index (χ2n) is 9.29. The van der Waals surface area contributed by atoms with E-state index in [0.29, 0.717) is 46.1 Å². The highest BCUT2D eigenvalue weighted by molar-refractivity contribution is 5.94. The summed E-state index contributed by atoms with van der Waals surface area (Å²) in [5.41, 5.74) is 3.30. The van der Waals surface area contributed by atoms with E-state index in [-0.39, 0.29) is 28.7 Å². The van der Waals surface area contributed by atoms with Crippen molar-refractivity contribution in [2.24, 2.45) is 0 Å². The lowest BCUT2D eigenvalue weighted by Gasteiger charge is -2.27. The Kier molecular flexibility index (Phi) is 7.02. The van der Waals surface area contributed by atoms with Gasteiger partial charge in [0.2, 0.25) is 5.43 Å². The van der Waals surface area contributed by atoms with Crippen molar-refractivity contribution in [1.29, 1.82) is 0 Å². The van der Waals surface area contributed by atoms with Crippen LogP contribution in [0.25, 0.3) is 22.1 Å². The first-order valence-corrected chi connectivity index (χ1v) is 12.3. The molecule has 8 heteroatoms. The first kappa shape index (κ1) is 25.9. The Balaban J connectivity index is 1.68. The number of ether oxygens (including phenoxy) is 5. The number of rotatable bonds is 8. The van der Waals surface area contributed by atoms with Gasteiger partial charge in [-0.25, -0.2) is 0 Å². The summed E-state index contributed by atoms with van der Waals surface area (Å²) in [6, 6.07) is 14.2. The van der Waals surface area contributed by atoms with Gasteiger partial charge in [0.25, 0.3) is 0 Å². The molecule has 0 saturated heterocycles. The van der Waals surface area contributed by atoms with E-state index >= 15 is 0 Å². The normalized spacial score (nSPS) is 14.4. The predicted octanol–water partition coefficient (Wildman–Crippen LogP) is 5.88. The van der Waals surface area contributed by atoms with Crippen molar-refractivity contribution in [3.63, 3.8) is 0 Å². The number of fused-ring (bicyclic) bond motifs is 3. The maximum atomic E-state index is 13.8. The van der Waals surface area contributed by atoms with Crippen molar-refractivity contribution in [1.82, 2.24) is 0 Å². The van der Waals surface area contributed by atoms with Crippen LogP contribution in [0.1, 0.15) is 30.4 Å². The highest BCUT2D eigenvalue weighted by atomic mass is 16.5. The minimum atomic E-state index is -0.464. The van der Waals surface area contributed by atoms with Crippen LogP contribution in [0.2, 0.25) is 0 Å². The van der Waals surface area contributed by atoms with E-state index in [9.17, 15) is 9.59 Å². The molecule has 1 aliphatic rings. The first-order chi connectivity index (χ1) is 18.8. The fourth-order valence-corrected chi connectivity index (χ4v) is 4.75. The van der Waals surface area contributed by atoms with Crippen LogP contribution in [0.15, 0.2) is 76.2 Å². The van der Waals surface area contributed by atoms with E-state index in [1.807, 2.05) is 19.1 Å². The van der Waals surface area contributed by atoms with Crippen LogP contribution in [-0.4, -0.2) is 33.9 Å². The maximum absolute atomic E-state index is 13.8. The Morgan fingerprint density at radius 1 is 0.949 bits per heavy atom. The van der Waals surface area contributed by atoms with E-state index < -0.39 is 11.9 Å². The topological polar surface area (TPSA) is 93.4 Å². The molecule has 1 aromatic heterocycles. The van der Waals surface area contributed by atoms with Crippen LogP contribution in [-0.2, 0) is 4.79 Å². The molecule has 0 bridgehead atoms. The van der Waals surface area contributed by atoms with Crippen LogP contribution in [0.5, 0.6) is 28.7 Å². The molecule has 1 atom stereocenters. The molecule has 200 valence electrons. The van der Waals surface area contributed by atoms with Gasteiger partial charge >= 0.3 is 5.97 Å². The van der Waals surface area contributed by atoms with E-state index in [1.165, 1.54) is 13.4 Å². The number of carbonyl (C=O) groups is 1. The van der Waals surface area contributed by atoms with Crippen molar-refractivity contribution in [3.05, 3.63) is 88.3 Å². The third kappa shape index (κ3) is 4.81. The quantitative estimate of drug-likeness (QED) is 0.159. The molecule has 0 radical (unpaired) electrons. The molecule has 3 aromatic carbocycles. The number of benzene rings is 3. The second kappa shape index (κ2) is 10.6. The van der Waals surface area contributed by atoms with Crippen LogP contribution in [0, 0.1) is 0 Å². The number of methoxy groups -OCH3 is 3. The van der Waals surface area contributed by atoms with E-state index in [2.05, 4.69) is 6.58 Å². The third-order valence-electron chi connectivity index (χ3n) is 6.64. The van der Waals surface area contributed by atoms with Crippen molar-refractivity contribution >= 4 is 16.9 Å². The summed E-state index contributed by atoms with van der Waals surface area (Å²) in [6.45, 7) is 6.09. The smallest absolute Gasteiger partial charge is 0.312 e. The number of carbonyl (C=O) groups excluding carboxylic acids is 1. The Hall–Kier alpha value is -4.72. The number of hydrogen-bond donors (Lipinski definition) is 0. The van der Waals surface area contributed by atoms with Crippen molar-refractivity contribution in [2.75, 3.05) is 27.9 Å². The average Bonchev–Trinajstić information content (AvgIpc) is 2.95. The molecule has 5 rings (SSSR count). The highest BCUT2D eigenvalue weighted by Crippen LogP contribution is 2.47. The zero-order chi connectivity index (χ0) is 27.7. The molecule has 0 fully saturated rings. The third-order valence-corrected chi connectivity index (χ3v) is 6.64. The standard InChI is InChI=1S/C31H28O8/c1-17(2)15-37-23-11-8-19(12-24(23)35-4)21-13-27(32)39-26-14-25(36-5)29-30(33)22(16-38-31(29)28(21)26)18-6-9-20(34-3)10-7-18/h6-12,14,16,21H,1,13,15H2,2-5H3/t21-/m1/s1. The van der Waals surface area contributed by atoms with Crippen molar-refractivity contribution in [3.8, 4) is 39.9 Å². The summed E-state index contributed by atoms with van der Waals surface area (Å²) < 4.78 is 33.9. The molecule has 39 heavy (non-hydrogen) atoms. The molecule has 0 saturated carbocycles. The zero-order valence-electron chi connectivity index (χ0n) is 22.2. The predicted molar refractivity (Wildman–Crippen MR) is 146 cm³/mol. The molecule has 1 aliphatic heterocycles. The Morgan fingerprint density at radius 2 is 1.69 bits per heavy atom. The van der Waals surface area contributed by atoms with Crippen LogP contribution in [0.3, 0.4) is 0 Å². The van der Waals surface area contributed by atoms with Gasteiger partial charge in [0.05, 0.1) is 33.3 Å². The summed E-state index contributed by atoms with van der Waals surface area (Å²) in [5.74, 6) is 1.39. The van der Waals surface area contributed by atoms with Crippen molar-refractivity contribution < 1.29 is 32.9 Å². The molecular weight excluding hydrogens is 500 g/mol. The summed E-state index contributed by atoms with van der Waals surface area (Å²) in [7, 11) is 4.59. The first-order valence-electron chi connectivity index (χ1n) is 12.3. The highest BCUT2D eigenvalue weighted by Gasteiger charge is 2.34. The van der Waals surface area contributed by atoms with Crippen molar-refractivity contribution in [2.45, 2.75) is 19.3 Å². The molecule has 0 aliphatic carbocycles. The average molecular weight is 529 g/mol. The second-order valence-corrected chi connectivity index (χ2v) is 9.29. The Bertz CT molecular complexity index is 1630. The molecule has 8 nitrogen and oxygen atoms in total. The zero-order valence-corrected chi connectivity index (χ0v) is 22.2. The molecule has 4 aromatic rings. The van der Waals surface area contributed by atoms with Crippen LogP contribution >= 0.6 is 0 Å². The van der Waals surface area contributed by atoms with Gasteiger partial charge in [0.1, 0.15) is 41.1 Å². The molecule has 0 N–H and O–H groups in total. The lowest BCUT2D eigenvalue weighted by atomic mass is 9.84. The lowest BCUT2D eigenvalue weighted by Crippen LogP contribution is -2.22. The van der Waals surface area contributed by atoms with Gasteiger partial charge in [-0.2, -0.15) is 0 Å². The molecular formula is C31H28O8. The van der Waals surface area contributed by atoms with Gasteiger partial charge in [0.15, 0.2) is 11.5 Å². The summed E-state index contributed by atoms with van der Waals surface area (Å²) in [5, 5.41) is 0.265. The summed E-state index contributed by atoms with van der Waals surface area (Å²) in [4.78, 5) is 26.5. The SMILES string of the molecule is C=C(C)COc1ccc([C@H]2CC(=O)Oc3cc(OC)c4c(=O)c(-c5ccc(OC)cc5)coc4c32)cc1OC. The molecule has 0 amide bonds. The summed E-state index contributed by atoms with van der Waals surface area (Å²) in [6.07, 6.45) is 1.47. The Morgan fingerprint density at radius 3 is 2.36 bits per heavy atom. The molecule has 2 heterocycles. The number of esters is 1. The van der Waals surface area contributed by atoms with Gasteiger partial charge in [-0.05, 0) is 47.9 Å². The van der Waals surface area contributed by atoms with Gasteiger partial charge < -0.3 is 28.1 Å². The monoisotopic (exact) mass is 528 g/mol. The van der Waals surface area contributed by atoms with Crippen LogP contribution < -0.4 is 29.1 Å². The van der Waals surface area contributed by atoms with Gasteiger partial charge in [-0.1, -0.05) is 24.8 Å². The van der Waals surface area contributed by atoms with E-state index in [4.69, 9.17) is 28.1 Å².